The summed E-state index contributed by atoms with van der Waals surface area (Å²) < 4.78 is 5.43. The lowest BCUT2D eigenvalue weighted by atomic mass is 10.2. The molecule has 0 fully saturated rings. The van der Waals surface area contributed by atoms with Crippen LogP contribution in [0.2, 0.25) is 5.02 Å². The number of nitrogens with zero attached hydrogens (tertiary/aromatic N) is 2. The van der Waals surface area contributed by atoms with E-state index < -0.39 is 25.0 Å². The summed E-state index contributed by atoms with van der Waals surface area (Å²) in [5.74, 6) is -1.78. The molecule has 7 nitrogen and oxygen atoms in total. The lowest BCUT2D eigenvalue weighted by Gasteiger charge is -2.13. The van der Waals surface area contributed by atoms with E-state index in [1.54, 1.807) is 18.2 Å². The van der Waals surface area contributed by atoms with Crippen LogP contribution in [0, 0.1) is 0 Å². The van der Waals surface area contributed by atoms with E-state index >= 15 is 0 Å². The zero-order chi connectivity index (χ0) is 16.5. The third kappa shape index (κ3) is 6.45. The van der Waals surface area contributed by atoms with Crippen molar-refractivity contribution in [1.29, 1.82) is 0 Å². The van der Waals surface area contributed by atoms with Crippen LogP contribution in [0.15, 0.2) is 23.3 Å². The van der Waals surface area contributed by atoms with Gasteiger partial charge in [0.05, 0.1) is 17.8 Å². The molecule has 0 aliphatic carbocycles. The second kappa shape index (κ2) is 8.89. The van der Waals surface area contributed by atoms with E-state index in [0.717, 1.165) is 11.4 Å². The van der Waals surface area contributed by atoms with E-state index in [0.29, 0.717) is 22.9 Å². The maximum atomic E-state index is 10.7. The summed E-state index contributed by atoms with van der Waals surface area (Å²) in [6.07, 6.45) is 2.21. The van der Waals surface area contributed by atoms with Gasteiger partial charge in [0.2, 0.25) is 0 Å². The van der Waals surface area contributed by atoms with Crippen molar-refractivity contribution >= 4 is 29.8 Å². The van der Waals surface area contributed by atoms with Gasteiger partial charge in [-0.05, 0) is 30.2 Å². The average molecular weight is 329 g/mol. The van der Waals surface area contributed by atoms with Gasteiger partial charge < -0.3 is 14.9 Å². The van der Waals surface area contributed by atoms with Gasteiger partial charge in [-0.3, -0.25) is 14.6 Å². The summed E-state index contributed by atoms with van der Waals surface area (Å²) in [5, 5.41) is 22.6. The first kappa shape index (κ1) is 17.8. The van der Waals surface area contributed by atoms with Crippen LogP contribution in [0.5, 0.6) is 5.75 Å². The Hall–Kier alpha value is -2.28. The third-order valence-corrected chi connectivity index (χ3v) is 2.72. The highest BCUT2D eigenvalue weighted by Gasteiger charge is 2.10. The molecule has 0 aromatic heterocycles. The third-order valence-electron chi connectivity index (χ3n) is 2.42. The Labute approximate surface area is 132 Å². The Morgan fingerprint density at radius 3 is 2.45 bits per heavy atom. The van der Waals surface area contributed by atoms with E-state index in [2.05, 4.69) is 5.10 Å². The highest BCUT2D eigenvalue weighted by atomic mass is 35.5. The molecule has 0 amide bonds. The lowest BCUT2D eigenvalue weighted by Crippen LogP contribution is -2.30. The molecule has 0 radical (unpaired) electrons. The molecular formula is C14H17ClN2O5. The molecule has 0 saturated carbocycles. The molecule has 1 aromatic rings. The van der Waals surface area contributed by atoms with Gasteiger partial charge in [0.25, 0.3) is 0 Å². The predicted molar refractivity (Wildman–Crippen MR) is 81.7 cm³/mol. The minimum atomic E-state index is -1.17. The maximum absolute atomic E-state index is 10.7. The van der Waals surface area contributed by atoms with Gasteiger partial charge in [-0.1, -0.05) is 18.5 Å². The molecule has 22 heavy (non-hydrogen) atoms. The minimum Gasteiger partial charge on any atom is -0.492 e. The van der Waals surface area contributed by atoms with Crippen molar-refractivity contribution in [2.24, 2.45) is 5.10 Å². The van der Waals surface area contributed by atoms with Crippen LogP contribution >= 0.6 is 11.6 Å². The van der Waals surface area contributed by atoms with Crippen molar-refractivity contribution in [3.8, 4) is 5.75 Å². The maximum Gasteiger partial charge on any atom is 0.324 e. The number of halogens is 1. The molecule has 8 heteroatoms. The van der Waals surface area contributed by atoms with Gasteiger partial charge in [0.1, 0.15) is 18.8 Å². The molecule has 0 aliphatic rings. The van der Waals surface area contributed by atoms with Crippen LogP contribution in [0.4, 0.5) is 0 Å². The predicted octanol–water partition coefficient (Wildman–Crippen LogP) is 1.93. The molecule has 1 aromatic carbocycles. The van der Waals surface area contributed by atoms with E-state index in [9.17, 15) is 9.59 Å². The highest BCUT2D eigenvalue weighted by Crippen LogP contribution is 2.25. The normalized spacial score (nSPS) is 10.6. The molecule has 0 unspecified atom stereocenters. The van der Waals surface area contributed by atoms with Crippen molar-refractivity contribution in [1.82, 2.24) is 5.01 Å². The fourth-order valence-electron chi connectivity index (χ4n) is 1.52. The Balaban J connectivity index is 2.79. The summed E-state index contributed by atoms with van der Waals surface area (Å²) in [5.41, 5.74) is 0.606. The van der Waals surface area contributed by atoms with Crippen molar-refractivity contribution in [2.75, 3.05) is 19.7 Å². The highest BCUT2D eigenvalue weighted by molar-refractivity contribution is 6.32. The SMILES string of the molecule is CCCOc1ccc(/C=N\N(CC(=O)O)CC(=O)O)cc1Cl. The summed E-state index contributed by atoms with van der Waals surface area (Å²) in [7, 11) is 0. The van der Waals surface area contributed by atoms with Gasteiger partial charge in [-0.15, -0.1) is 0 Å². The molecule has 0 atom stereocenters. The van der Waals surface area contributed by atoms with Gasteiger partial charge in [0.15, 0.2) is 0 Å². The molecule has 120 valence electrons. The van der Waals surface area contributed by atoms with Crippen LogP contribution < -0.4 is 4.74 Å². The molecule has 0 bridgehead atoms. The van der Waals surface area contributed by atoms with Crippen LogP contribution in [0.1, 0.15) is 18.9 Å². The van der Waals surface area contributed by atoms with E-state index in [-0.39, 0.29) is 0 Å². The first-order chi connectivity index (χ1) is 10.4. The number of aliphatic carboxylic acids is 2. The summed E-state index contributed by atoms with van der Waals surface area (Å²) in [6.45, 7) is 1.52. The fourth-order valence-corrected chi connectivity index (χ4v) is 1.77. The first-order valence-corrected chi connectivity index (χ1v) is 6.95. The number of benzene rings is 1. The molecule has 0 aliphatic heterocycles. The Morgan fingerprint density at radius 1 is 1.32 bits per heavy atom. The number of hydrogen-bond donors (Lipinski definition) is 2. The van der Waals surface area contributed by atoms with Crippen molar-refractivity contribution in [2.45, 2.75) is 13.3 Å². The summed E-state index contributed by atoms with van der Waals surface area (Å²) in [6, 6.07) is 4.98. The molecular weight excluding hydrogens is 312 g/mol. The number of carbonyl (C=O) groups is 2. The van der Waals surface area contributed by atoms with Gasteiger partial charge >= 0.3 is 11.9 Å². The number of ether oxygens (including phenoxy) is 1. The topological polar surface area (TPSA) is 99.4 Å². The van der Waals surface area contributed by atoms with Gasteiger partial charge in [-0.25, -0.2) is 0 Å². The summed E-state index contributed by atoms with van der Waals surface area (Å²) >= 11 is 6.06. The number of hydrazone groups is 1. The average Bonchev–Trinajstić information content (AvgIpc) is 2.42. The molecule has 1 rings (SSSR count). The molecule has 0 heterocycles. The number of carboxylic acid groups (broad SMARTS) is 2. The number of hydrogen-bond acceptors (Lipinski definition) is 5. The smallest absolute Gasteiger partial charge is 0.324 e. The molecule has 2 N–H and O–H groups in total. The van der Waals surface area contributed by atoms with Crippen molar-refractivity contribution < 1.29 is 24.5 Å². The number of carboxylic acids is 2. The Kier molecular flexibility index (Phi) is 7.18. The second-order valence-electron chi connectivity index (χ2n) is 4.39. The van der Waals surface area contributed by atoms with Crippen LogP contribution in [0.25, 0.3) is 0 Å². The molecule has 0 spiro atoms. The zero-order valence-electron chi connectivity index (χ0n) is 12.0. The van der Waals surface area contributed by atoms with E-state index in [1.807, 2.05) is 6.92 Å². The minimum absolute atomic E-state index is 0.403. The van der Waals surface area contributed by atoms with Crippen molar-refractivity contribution in [3.63, 3.8) is 0 Å². The van der Waals surface area contributed by atoms with Crippen LogP contribution in [0.3, 0.4) is 0 Å². The number of rotatable bonds is 9. The standard InChI is InChI=1S/C14H17ClN2O5/c1-2-5-22-12-4-3-10(6-11(12)15)7-16-17(8-13(18)19)9-14(20)21/h3-4,6-7H,2,5,8-9H2,1H3,(H,18,19)(H,20,21)/b16-7-. The first-order valence-electron chi connectivity index (χ1n) is 6.57. The lowest BCUT2D eigenvalue weighted by molar-refractivity contribution is -0.141. The Bertz CT molecular complexity index is 546. The van der Waals surface area contributed by atoms with Crippen LogP contribution in [-0.2, 0) is 9.59 Å². The van der Waals surface area contributed by atoms with Gasteiger partial charge in [0, 0.05) is 0 Å². The van der Waals surface area contributed by atoms with Crippen LogP contribution in [-0.4, -0.2) is 53.1 Å². The quantitative estimate of drug-likeness (QED) is 0.531. The second-order valence-corrected chi connectivity index (χ2v) is 4.80. The van der Waals surface area contributed by atoms with E-state index in [1.165, 1.54) is 6.21 Å². The molecule has 0 saturated heterocycles. The zero-order valence-corrected chi connectivity index (χ0v) is 12.8. The summed E-state index contributed by atoms with van der Waals surface area (Å²) in [4.78, 5) is 21.3. The van der Waals surface area contributed by atoms with Crippen molar-refractivity contribution in [3.05, 3.63) is 28.8 Å². The van der Waals surface area contributed by atoms with E-state index in [4.69, 9.17) is 26.6 Å². The fraction of sp³-hybridized carbons (Fsp3) is 0.357. The Morgan fingerprint density at radius 2 is 1.95 bits per heavy atom. The van der Waals surface area contributed by atoms with Gasteiger partial charge in [-0.2, -0.15) is 5.10 Å². The largest absolute Gasteiger partial charge is 0.492 e. The monoisotopic (exact) mass is 328 g/mol.